The van der Waals surface area contributed by atoms with E-state index in [0.717, 1.165) is 0 Å². The Bertz CT molecular complexity index is 13.5. The fourth-order valence-electron chi connectivity index (χ4n) is 0. The summed E-state index contributed by atoms with van der Waals surface area (Å²) in [4.78, 5) is 0. The van der Waals surface area contributed by atoms with Gasteiger partial charge in [-0.15, -0.1) is 0 Å². The lowest BCUT2D eigenvalue weighted by atomic mass is 12.0. The summed E-state index contributed by atoms with van der Waals surface area (Å²) in [5.41, 5.74) is 4.42. The molecule has 0 saturated carbocycles. The van der Waals surface area contributed by atoms with E-state index < -0.39 is 0 Å². The first-order valence-corrected chi connectivity index (χ1v) is 4.95. The van der Waals surface area contributed by atoms with Gasteiger partial charge < -0.3 is 5.50 Å². The molecule has 0 aliphatic rings. The maximum Gasteiger partial charge on any atom is -0.00793 e. The first-order valence-electron chi connectivity index (χ1n) is 1.32. The van der Waals surface area contributed by atoms with Gasteiger partial charge in [-0.3, -0.25) is 0 Å². The van der Waals surface area contributed by atoms with Crippen LogP contribution in [-0.4, -0.2) is 12.5 Å². The number of hydrogen-bond donors (Lipinski definition) is 1. The molecule has 0 aromatic carbocycles. The van der Waals surface area contributed by atoms with E-state index in [1.807, 2.05) is 9.39 Å². The van der Waals surface area contributed by atoms with Crippen LogP contribution >= 0.6 is 31.0 Å². The molecular formula is C2H10NPS2. The van der Waals surface area contributed by atoms with E-state index in [9.17, 15) is 0 Å². The van der Waals surface area contributed by atoms with Crippen molar-refractivity contribution in [1.82, 2.24) is 0 Å². The fourth-order valence-corrected chi connectivity index (χ4v) is 0. The van der Waals surface area contributed by atoms with E-state index >= 15 is 0 Å². The molecule has 0 aromatic heterocycles. The van der Waals surface area contributed by atoms with Gasteiger partial charge in [0.15, 0.2) is 0 Å². The summed E-state index contributed by atoms with van der Waals surface area (Å²) >= 11 is 0. The summed E-state index contributed by atoms with van der Waals surface area (Å²) < 4.78 is 0. The monoisotopic (exact) mass is 143 g/mol. The van der Waals surface area contributed by atoms with Crippen molar-refractivity contribution in [2.45, 2.75) is 0 Å². The molecule has 4 heteroatoms. The van der Waals surface area contributed by atoms with Gasteiger partial charge in [-0.25, -0.2) is 0 Å². The summed E-state index contributed by atoms with van der Waals surface area (Å²) in [6, 6.07) is 0. The molecule has 0 amide bonds. The van der Waals surface area contributed by atoms with E-state index in [0.29, 0.717) is 0 Å². The van der Waals surface area contributed by atoms with Crippen LogP contribution in [0, 0.1) is 0 Å². The smallest absolute Gasteiger partial charge is 0.00793 e. The van der Waals surface area contributed by atoms with Gasteiger partial charge in [-0.05, 0) is 12.5 Å². The van der Waals surface area contributed by atoms with Crippen molar-refractivity contribution in [2.75, 3.05) is 12.5 Å². The van der Waals surface area contributed by atoms with Gasteiger partial charge in [0.2, 0.25) is 0 Å². The molecular weight excluding hydrogens is 133 g/mol. The second-order valence-corrected chi connectivity index (χ2v) is 3.00. The lowest BCUT2D eigenvalue weighted by Gasteiger charge is -1.69. The van der Waals surface area contributed by atoms with Crippen LogP contribution in [0.4, 0.5) is 0 Å². The largest absolute Gasteiger partial charge is 0.314 e. The molecule has 0 radical (unpaired) electrons. The van der Waals surface area contributed by atoms with Crippen LogP contribution in [0.1, 0.15) is 0 Å². The first kappa shape index (κ1) is 10.1. The minimum atomic E-state index is 1.77. The molecule has 2 N–H and O–H groups in total. The molecule has 1 unspecified atom stereocenters. The third-order valence-corrected chi connectivity index (χ3v) is 1.50. The second kappa shape index (κ2) is 16.5. The zero-order chi connectivity index (χ0) is 5.41. The Morgan fingerprint density at radius 3 is 1.33 bits per heavy atom. The molecule has 6 heavy (non-hydrogen) atoms. The molecule has 0 bridgehead atoms. The topological polar surface area (TPSA) is 26.0 Å². The highest BCUT2D eigenvalue weighted by molar-refractivity contribution is 8.76. The molecule has 0 aliphatic heterocycles. The summed E-state index contributed by atoms with van der Waals surface area (Å²) in [5, 5.41) is 0. The lowest BCUT2D eigenvalue weighted by Crippen LogP contribution is -1.45. The number of rotatable bonds is 1. The van der Waals surface area contributed by atoms with Crippen molar-refractivity contribution in [3.05, 3.63) is 0 Å². The Labute approximate surface area is 49.5 Å². The van der Waals surface area contributed by atoms with Crippen molar-refractivity contribution in [1.29, 1.82) is 0 Å². The predicted octanol–water partition coefficient (Wildman–Crippen LogP) is 1.36. The van der Waals surface area contributed by atoms with Crippen molar-refractivity contribution in [2.24, 2.45) is 5.50 Å². The van der Waals surface area contributed by atoms with Crippen LogP contribution in [-0.2, 0) is 0 Å². The standard InChI is InChI=1S/C2H6S2.H4NP/c1-3-4-2;1-2/h1-2H3;1-2H2. The van der Waals surface area contributed by atoms with Gasteiger partial charge in [0.25, 0.3) is 0 Å². The summed E-state index contributed by atoms with van der Waals surface area (Å²) in [6.45, 7) is 0. The van der Waals surface area contributed by atoms with Crippen molar-refractivity contribution in [3.8, 4) is 0 Å². The molecule has 0 rings (SSSR count). The number of nitrogens with two attached hydrogens (primary N) is 1. The van der Waals surface area contributed by atoms with Crippen LogP contribution < -0.4 is 5.50 Å². The van der Waals surface area contributed by atoms with E-state index in [-0.39, 0.29) is 0 Å². The Morgan fingerprint density at radius 1 is 1.17 bits per heavy atom. The third-order valence-electron chi connectivity index (χ3n) is 0.167. The van der Waals surface area contributed by atoms with Crippen LogP contribution in [0.25, 0.3) is 0 Å². The Hall–Kier alpha value is 1.09. The Balaban J connectivity index is 0. The quantitative estimate of drug-likeness (QED) is 0.443. The normalized spacial score (nSPS) is 6.00. The predicted molar refractivity (Wildman–Crippen MR) is 40.9 cm³/mol. The van der Waals surface area contributed by atoms with Crippen LogP contribution in [0.15, 0.2) is 0 Å². The average molecular weight is 143 g/mol. The van der Waals surface area contributed by atoms with Gasteiger partial charge in [-0.1, -0.05) is 31.0 Å². The minimum Gasteiger partial charge on any atom is -0.314 e. The highest BCUT2D eigenvalue weighted by Gasteiger charge is 1.55. The molecule has 0 fully saturated rings. The first-order chi connectivity index (χ1) is 2.91. The summed E-state index contributed by atoms with van der Waals surface area (Å²) in [5.74, 6) is 0. The molecule has 0 aromatic rings. The van der Waals surface area contributed by atoms with E-state index in [2.05, 4.69) is 18.0 Å². The third kappa shape index (κ3) is 19.5. The minimum absolute atomic E-state index is 1.77. The second-order valence-electron chi connectivity index (χ2n) is 0.333. The molecule has 1 atom stereocenters. The van der Waals surface area contributed by atoms with E-state index in [1.165, 1.54) is 0 Å². The van der Waals surface area contributed by atoms with Crippen LogP contribution in [0.2, 0.25) is 0 Å². The van der Waals surface area contributed by atoms with Gasteiger partial charge in [-0.2, -0.15) is 0 Å². The van der Waals surface area contributed by atoms with Crippen molar-refractivity contribution in [3.63, 3.8) is 0 Å². The van der Waals surface area contributed by atoms with Crippen molar-refractivity contribution < 1.29 is 0 Å². The maximum absolute atomic E-state index is 4.42. The summed E-state index contributed by atoms with van der Waals surface area (Å²) in [6.07, 6.45) is 4.12. The van der Waals surface area contributed by atoms with Gasteiger partial charge >= 0.3 is 0 Å². The molecule has 0 heterocycles. The lowest BCUT2D eigenvalue weighted by molar-refractivity contribution is 2.06. The average Bonchev–Trinajstić information content (AvgIpc) is 1.72. The summed E-state index contributed by atoms with van der Waals surface area (Å²) in [7, 11) is 5.46. The zero-order valence-corrected chi connectivity index (χ0v) is 6.76. The van der Waals surface area contributed by atoms with Crippen LogP contribution in [0.5, 0.6) is 0 Å². The molecule has 0 spiro atoms. The molecule has 40 valence electrons. The zero-order valence-electron chi connectivity index (χ0n) is 3.97. The molecule has 0 aliphatic carbocycles. The Kier molecular flexibility index (Phi) is 28.0. The SMILES string of the molecule is CSSC.NP. The number of hydrogen-bond acceptors (Lipinski definition) is 3. The maximum atomic E-state index is 4.42. The van der Waals surface area contributed by atoms with E-state index in [1.54, 1.807) is 21.6 Å². The molecule has 1 nitrogen and oxygen atoms in total. The van der Waals surface area contributed by atoms with Gasteiger partial charge in [0.1, 0.15) is 0 Å². The highest BCUT2D eigenvalue weighted by Crippen LogP contribution is 2.09. The van der Waals surface area contributed by atoms with Gasteiger partial charge in [0.05, 0.1) is 0 Å². The van der Waals surface area contributed by atoms with Crippen molar-refractivity contribution >= 4 is 31.0 Å². The van der Waals surface area contributed by atoms with Gasteiger partial charge in [0, 0.05) is 0 Å². The fraction of sp³-hybridized carbons (Fsp3) is 1.00. The van der Waals surface area contributed by atoms with E-state index in [4.69, 9.17) is 0 Å². The highest BCUT2D eigenvalue weighted by atomic mass is 33.1. The Morgan fingerprint density at radius 2 is 1.33 bits per heavy atom. The van der Waals surface area contributed by atoms with Crippen LogP contribution in [0.3, 0.4) is 0 Å². The molecule has 0 saturated heterocycles.